The van der Waals surface area contributed by atoms with E-state index in [4.69, 9.17) is 5.84 Å². The van der Waals surface area contributed by atoms with E-state index in [0.717, 1.165) is 10.9 Å². The van der Waals surface area contributed by atoms with E-state index >= 15 is 0 Å². The first-order chi connectivity index (χ1) is 8.52. The molecule has 94 valence electrons. The van der Waals surface area contributed by atoms with Crippen LogP contribution in [-0.4, -0.2) is 9.91 Å². The lowest BCUT2D eigenvalue weighted by atomic mass is 10.0. The number of nitrogen functional groups attached to an aromatic ring is 1. The molecule has 1 aromatic carbocycles. The van der Waals surface area contributed by atoms with Crippen molar-refractivity contribution in [1.82, 2.24) is 4.98 Å². The van der Waals surface area contributed by atoms with Gasteiger partial charge in [-0.05, 0) is 23.6 Å². The first-order valence-corrected chi connectivity index (χ1v) is 5.58. The molecule has 0 fully saturated rings. The third-order valence-corrected chi connectivity index (χ3v) is 2.80. The molecule has 0 saturated heterocycles. The smallest absolute Gasteiger partial charge is 0.270 e. The van der Waals surface area contributed by atoms with Crippen molar-refractivity contribution in [3.05, 3.63) is 39.9 Å². The second-order valence-corrected chi connectivity index (χ2v) is 4.36. The number of hydrogen-bond donors (Lipinski definition) is 2. The van der Waals surface area contributed by atoms with Crippen LogP contribution in [0.25, 0.3) is 10.9 Å². The van der Waals surface area contributed by atoms with Gasteiger partial charge in [-0.2, -0.15) is 0 Å². The number of fused-ring (bicyclic) bond motifs is 1. The van der Waals surface area contributed by atoms with Crippen molar-refractivity contribution in [1.29, 1.82) is 0 Å². The first-order valence-electron chi connectivity index (χ1n) is 5.58. The molecule has 0 aliphatic carbocycles. The Morgan fingerprint density at radius 1 is 1.39 bits per heavy atom. The van der Waals surface area contributed by atoms with Crippen molar-refractivity contribution < 1.29 is 4.92 Å². The van der Waals surface area contributed by atoms with Gasteiger partial charge in [-0.3, -0.25) is 10.1 Å². The van der Waals surface area contributed by atoms with E-state index < -0.39 is 4.92 Å². The molecule has 6 heteroatoms. The number of rotatable bonds is 3. The van der Waals surface area contributed by atoms with Gasteiger partial charge in [0.2, 0.25) is 0 Å². The molecule has 0 saturated carbocycles. The van der Waals surface area contributed by atoms with Gasteiger partial charge in [-0.15, -0.1) is 0 Å². The summed E-state index contributed by atoms with van der Waals surface area (Å²) in [5.41, 5.74) is 4.24. The Morgan fingerprint density at radius 3 is 2.67 bits per heavy atom. The minimum Gasteiger partial charge on any atom is -0.308 e. The van der Waals surface area contributed by atoms with Crippen LogP contribution in [0, 0.1) is 10.1 Å². The molecule has 0 aliphatic rings. The van der Waals surface area contributed by atoms with Crippen LogP contribution in [0.3, 0.4) is 0 Å². The van der Waals surface area contributed by atoms with Gasteiger partial charge in [0.15, 0.2) is 0 Å². The highest BCUT2D eigenvalue weighted by molar-refractivity contribution is 5.84. The van der Waals surface area contributed by atoms with Crippen LogP contribution in [-0.2, 0) is 0 Å². The molecule has 18 heavy (non-hydrogen) atoms. The van der Waals surface area contributed by atoms with Gasteiger partial charge in [0.1, 0.15) is 5.82 Å². The Labute approximate surface area is 104 Å². The number of nitrogens with zero attached hydrogens (tertiary/aromatic N) is 2. The molecule has 0 aliphatic heterocycles. The standard InChI is InChI=1S/C12H14N4O2/c1-7(2)10-6-8-5-9(16(17)18)3-4-11(8)14-12(10)15-13/h3-7H,13H2,1-2H3,(H,14,15). The monoisotopic (exact) mass is 246 g/mol. The largest absolute Gasteiger partial charge is 0.308 e. The van der Waals surface area contributed by atoms with Crippen LogP contribution in [0.2, 0.25) is 0 Å². The maximum Gasteiger partial charge on any atom is 0.270 e. The number of hydrogen-bond acceptors (Lipinski definition) is 5. The van der Waals surface area contributed by atoms with Crippen LogP contribution < -0.4 is 11.3 Å². The summed E-state index contributed by atoms with van der Waals surface area (Å²) in [7, 11) is 0. The lowest BCUT2D eigenvalue weighted by molar-refractivity contribution is -0.384. The van der Waals surface area contributed by atoms with E-state index in [2.05, 4.69) is 10.4 Å². The highest BCUT2D eigenvalue weighted by atomic mass is 16.6. The number of nitro groups is 1. The second kappa shape index (κ2) is 4.58. The number of aromatic nitrogens is 1. The molecule has 0 amide bonds. The lowest BCUT2D eigenvalue weighted by Gasteiger charge is -2.12. The van der Waals surface area contributed by atoms with Gasteiger partial charge in [0, 0.05) is 17.5 Å². The summed E-state index contributed by atoms with van der Waals surface area (Å²) in [4.78, 5) is 14.7. The van der Waals surface area contributed by atoms with Crippen molar-refractivity contribution in [2.45, 2.75) is 19.8 Å². The Bertz CT molecular complexity index is 610. The summed E-state index contributed by atoms with van der Waals surface area (Å²) in [6.45, 7) is 4.03. The van der Waals surface area contributed by atoms with E-state index in [1.54, 1.807) is 6.07 Å². The highest BCUT2D eigenvalue weighted by Crippen LogP contribution is 2.28. The summed E-state index contributed by atoms with van der Waals surface area (Å²) in [5.74, 6) is 6.27. The van der Waals surface area contributed by atoms with Crippen molar-refractivity contribution in [2.24, 2.45) is 5.84 Å². The second-order valence-electron chi connectivity index (χ2n) is 4.36. The van der Waals surface area contributed by atoms with Gasteiger partial charge in [0.25, 0.3) is 5.69 Å². The van der Waals surface area contributed by atoms with Crippen LogP contribution >= 0.6 is 0 Å². The number of anilines is 1. The molecule has 0 atom stereocenters. The molecular formula is C12H14N4O2. The van der Waals surface area contributed by atoms with Crippen LogP contribution in [0.4, 0.5) is 11.5 Å². The van der Waals surface area contributed by atoms with E-state index in [0.29, 0.717) is 11.3 Å². The Hall–Kier alpha value is -2.21. The average Bonchev–Trinajstić information content (AvgIpc) is 2.36. The number of nitrogens with two attached hydrogens (primary N) is 1. The fourth-order valence-corrected chi connectivity index (χ4v) is 1.85. The lowest BCUT2D eigenvalue weighted by Crippen LogP contribution is -2.12. The number of nitro benzene ring substituents is 1. The summed E-state index contributed by atoms with van der Waals surface area (Å²) >= 11 is 0. The van der Waals surface area contributed by atoms with Crippen molar-refractivity contribution in [3.63, 3.8) is 0 Å². The van der Waals surface area contributed by atoms with Gasteiger partial charge < -0.3 is 5.43 Å². The summed E-state index contributed by atoms with van der Waals surface area (Å²) in [5, 5.41) is 11.5. The molecule has 2 rings (SSSR count). The molecule has 6 nitrogen and oxygen atoms in total. The van der Waals surface area contributed by atoms with E-state index in [-0.39, 0.29) is 11.6 Å². The summed E-state index contributed by atoms with van der Waals surface area (Å²) in [6, 6.07) is 6.47. The van der Waals surface area contributed by atoms with Crippen LogP contribution in [0.5, 0.6) is 0 Å². The minimum absolute atomic E-state index is 0.0625. The van der Waals surface area contributed by atoms with Gasteiger partial charge >= 0.3 is 0 Å². The zero-order valence-corrected chi connectivity index (χ0v) is 10.2. The van der Waals surface area contributed by atoms with Crippen molar-refractivity contribution >= 4 is 22.4 Å². The quantitative estimate of drug-likeness (QED) is 0.493. The molecule has 0 bridgehead atoms. The van der Waals surface area contributed by atoms with Gasteiger partial charge in [0.05, 0.1) is 10.4 Å². The van der Waals surface area contributed by atoms with E-state index in [1.165, 1.54) is 12.1 Å². The number of benzene rings is 1. The Balaban J connectivity index is 2.68. The molecule has 0 radical (unpaired) electrons. The minimum atomic E-state index is -0.413. The van der Waals surface area contributed by atoms with Crippen LogP contribution in [0.15, 0.2) is 24.3 Å². The van der Waals surface area contributed by atoms with Crippen molar-refractivity contribution in [3.8, 4) is 0 Å². The summed E-state index contributed by atoms with van der Waals surface area (Å²) < 4.78 is 0. The predicted molar refractivity (Wildman–Crippen MR) is 70.3 cm³/mol. The molecular weight excluding hydrogens is 232 g/mol. The third-order valence-electron chi connectivity index (χ3n) is 2.80. The molecule has 3 N–H and O–H groups in total. The predicted octanol–water partition coefficient (Wildman–Crippen LogP) is 2.55. The highest BCUT2D eigenvalue weighted by Gasteiger charge is 2.12. The van der Waals surface area contributed by atoms with E-state index in [1.807, 2.05) is 19.9 Å². The number of hydrazine groups is 1. The first kappa shape index (κ1) is 12.3. The normalized spacial score (nSPS) is 10.9. The fourth-order valence-electron chi connectivity index (χ4n) is 1.85. The summed E-state index contributed by atoms with van der Waals surface area (Å²) in [6.07, 6.45) is 0. The third kappa shape index (κ3) is 2.10. The topological polar surface area (TPSA) is 94.1 Å². The molecule has 2 aromatic rings. The number of pyridine rings is 1. The molecule has 0 spiro atoms. The molecule has 1 aromatic heterocycles. The average molecular weight is 246 g/mol. The Morgan fingerprint density at radius 2 is 2.11 bits per heavy atom. The van der Waals surface area contributed by atoms with Crippen LogP contribution in [0.1, 0.15) is 25.3 Å². The van der Waals surface area contributed by atoms with Gasteiger partial charge in [-0.1, -0.05) is 13.8 Å². The zero-order valence-electron chi connectivity index (χ0n) is 10.2. The fraction of sp³-hybridized carbons (Fsp3) is 0.250. The Kier molecular flexibility index (Phi) is 3.12. The number of non-ortho nitro benzene ring substituents is 1. The zero-order chi connectivity index (χ0) is 13.3. The number of nitrogens with one attached hydrogen (secondary N) is 1. The molecule has 0 unspecified atom stereocenters. The van der Waals surface area contributed by atoms with Crippen molar-refractivity contribution in [2.75, 3.05) is 5.43 Å². The molecule has 1 heterocycles. The van der Waals surface area contributed by atoms with Gasteiger partial charge in [-0.25, -0.2) is 10.8 Å². The SMILES string of the molecule is CC(C)c1cc2cc([N+](=O)[O-])ccc2nc1NN. The maximum absolute atomic E-state index is 10.7. The van der Waals surface area contributed by atoms with E-state index in [9.17, 15) is 10.1 Å². The maximum atomic E-state index is 10.7.